The minimum atomic E-state index is -0.685. The van der Waals surface area contributed by atoms with Crippen molar-refractivity contribution in [2.75, 3.05) is 54.0 Å². The first-order valence-electron chi connectivity index (χ1n) is 9.98. The molecule has 2 aliphatic heterocycles. The molecule has 1 aromatic heterocycles. The number of piperidine rings is 1. The predicted molar refractivity (Wildman–Crippen MR) is 110 cm³/mol. The summed E-state index contributed by atoms with van der Waals surface area (Å²) < 4.78 is 0. The molecule has 2 saturated heterocycles. The zero-order valence-electron chi connectivity index (χ0n) is 16.3. The predicted octanol–water partition coefficient (Wildman–Crippen LogP) is 2.41. The molecule has 28 heavy (non-hydrogen) atoms. The quantitative estimate of drug-likeness (QED) is 0.872. The van der Waals surface area contributed by atoms with Crippen molar-refractivity contribution < 1.29 is 9.90 Å². The SMILES string of the molecule is Cc1nc(N2CCC(C(=O)O)CC2)cc(N2CCN(c3ccccc3)CC2)n1. The fraction of sp³-hybridized carbons (Fsp3) is 0.476. The van der Waals surface area contributed by atoms with Crippen molar-refractivity contribution >= 4 is 23.3 Å². The number of anilines is 3. The van der Waals surface area contributed by atoms with Gasteiger partial charge in [0.05, 0.1) is 5.92 Å². The molecule has 2 aromatic rings. The Morgan fingerprint density at radius 3 is 2.00 bits per heavy atom. The van der Waals surface area contributed by atoms with Gasteiger partial charge in [0.25, 0.3) is 0 Å². The summed E-state index contributed by atoms with van der Waals surface area (Å²) >= 11 is 0. The van der Waals surface area contributed by atoms with Crippen molar-refractivity contribution in [3.05, 3.63) is 42.2 Å². The zero-order chi connectivity index (χ0) is 19.5. The molecule has 7 heteroatoms. The van der Waals surface area contributed by atoms with Gasteiger partial charge >= 0.3 is 5.97 Å². The molecule has 0 atom stereocenters. The second kappa shape index (κ2) is 8.04. The van der Waals surface area contributed by atoms with Crippen molar-refractivity contribution in [1.82, 2.24) is 9.97 Å². The number of carboxylic acids is 1. The van der Waals surface area contributed by atoms with Gasteiger partial charge in [-0.05, 0) is 31.9 Å². The van der Waals surface area contributed by atoms with Gasteiger partial charge in [-0.2, -0.15) is 0 Å². The van der Waals surface area contributed by atoms with Crippen molar-refractivity contribution in [3.63, 3.8) is 0 Å². The fourth-order valence-electron chi connectivity index (χ4n) is 4.05. The highest BCUT2D eigenvalue weighted by Gasteiger charge is 2.26. The summed E-state index contributed by atoms with van der Waals surface area (Å²) in [6.07, 6.45) is 1.34. The number of aryl methyl sites for hydroxylation is 1. The van der Waals surface area contributed by atoms with E-state index in [-0.39, 0.29) is 5.92 Å². The number of aliphatic carboxylic acids is 1. The van der Waals surface area contributed by atoms with Crippen LogP contribution < -0.4 is 14.7 Å². The van der Waals surface area contributed by atoms with Gasteiger partial charge < -0.3 is 19.8 Å². The van der Waals surface area contributed by atoms with E-state index in [4.69, 9.17) is 0 Å². The molecule has 0 aliphatic carbocycles. The van der Waals surface area contributed by atoms with Gasteiger partial charge in [-0.25, -0.2) is 9.97 Å². The highest BCUT2D eigenvalue weighted by molar-refractivity contribution is 5.70. The summed E-state index contributed by atoms with van der Waals surface area (Å²) in [5, 5.41) is 9.20. The van der Waals surface area contributed by atoms with E-state index in [9.17, 15) is 9.90 Å². The Bertz CT molecular complexity index is 813. The van der Waals surface area contributed by atoms with Crippen LogP contribution >= 0.6 is 0 Å². The first-order chi connectivity index (χ1) is 13.6. The van der Waals surface area contributed by atoms with Gasteiger partial charge in [0.1, 0.15) is 17.5 Å². The van der Waals surface area contributed by atoms with E-state index in [2.05, 4.69) is 55.0 Å². The van der Waals surface area contributed by atoms with E-state index < -0.39 is 5.97 Å². The van der Waals surface area contributed by atoms with Crippen molar-refractivity contribution in [1.29, 1.82) is 0 Å². The number of aromatic nitrogens is 2. The topological polar surface area (TPSA) is 72.8 Å². The van der Waals surface area contributed by atoms with E-state index in [1.165, 1.54) is 5.69 Å². The van der Waals surface area contributed by atoms with Crippen molar-refractivity contribution in [3.8, 4) is 0 Å². The summed E-state index contributed by atoms with van der Waals surface area (Å²) in [5.74, 6) is 1.73. The standard InChI is InChI=1S/C21H27N5O2/c1-16-22-19(25-9-7-17(8-10-25)21(27)28)15-20(23-16)26-13-11-24(12-14-26)18-5-3-2-4-6-18/h2-6,15,17H,7-14H2,1H3,(H,27,28). The third kappa shape index (κ3) is 4.03. The van der Waals surface area contributed by atoms with Crippen molar-refractivity contribution in [2.45, 2.75) is 19.8 Å². The molecule has 7 nitrogen and oxygen atoms in total. The first kappa shape index (κ1) is 18.5. The lowest BCUT2D eigenvalue weighted by atomic mass is 9.97. The molecule has 0 bridgehead atoms. The number of para-hydroxylation sites is 1. The average molecular weight is 381 g/mol. The van der Waals surface area contributed by atoms with Crippen LogP contribution in [0.2, 0.25) is 0 Å². The monoisotopic (exact) mass is 381 g/mol. The fourth-order valence-corrected chi connectivity index (χ4v) is 4.05. The number of carboxylic acid groups (broad SMARTS) is 1. The zero-order valence-corrected chi connectivity index (χ0v) is 16.3. The maximum atomic E-state index is 11.2. The number of carbonyl (C=O) groups is 1. The van der Waals surface area contributed by atoms with Gasteiger partial charge in [0.15, 0.2) is 0 Å². The third-order valence-electron chi connectivity index (χ3n) is 5.70. The van der Waals surface area contributed by atoms with E-state index in [0.29, 0.717) is 12.8 Å². The van der Waals surface area contributed by atoms with Gasteiger partial charge in [-0.3, -0.25) is 4.79 Å². The summed E-state index contributed by atoms with van der Waals surface area (Å²) in [6, 6.07) is 12.6. The lowest BCUT2D eigenvalue weighted by molar-refractivity contribution is -0.142. The maximum absolute atomic E-state index is 11.2. The summed E-state index contributed by atoms with van der Waals surface area (Å²) in [6.45, 7) is 7.16. The van der Waals surface area contributed by atoms with Crippen LogP contribution in [-0.2, 0) is 4.79 Å². The second-order valence-corrected chi connectivity index (χ2v) is 7.54. The van der Waals surface area contributed by atoms with E-state index in [1.54, 1.807) is 0 Å². The molecule has 0 amide bonds. The third-order valence-corrected chi connectivity index (χ3v) is 5.70. The smallest absolute Gasteiger partial charge is 0.306 e. The number of hydrogen-bond acceptors (Lipinski definition) is 6. The molecule has 0 saturated carbocycles. The molecule has 0 unspecified atom stereocenters. The number of benzene rings is 1. The Kier molecular flexibility index (Phi) is 5.32. The van der Waals surface area contributed by atoms with Gasteiger partial charge in [0, 0.05) is 51.0 Å². The minimum Gasteiger partial charge on any atom is -0.481 e. The molecule has 1 N–H and O–H groups in total. The van der Waals surface area contributed by atoms with Crippen LogP contribution in [0.3, 0.4) is 0 Å². The molecule has 0 spiro atoms. The Hall–Kier alpha value is -2.83. The van der Waals surface area contributed by atoms with Crippen LogP contribution in [0.15, 0.2) is 36.4 Å². The molecule has 1 aromatic carbocycles. The molecule has 2 aliphatic rings. The molecule has 3 heterocycles. The number of nitrogens with zero attached hydrogens (tertiary/aromatic N) is 5. The van der Waals surface area contributed by atoms with Crippen LogP contribution in [0.5, 0.6) is 0 Å². The minimum absolute atomic E-state index is 0.232. The largest absolute Gasteiger partial charge is 0.481 e. The molecular weight excluding hydrogens is 354 g/mol. The van der Waals surface area contributed by atoms with Crippen LogP contribution in [0.4, 0.5) is 17.3 Å². The summed E-state index contributed by atoms with van der Waals surface area (Å²) in [4.78, 5) is 27.4. The molecular formula is C21H27N5O2. The maximum Gasteiger partial charge on any atom is 0.306 e. The second-order valence-electron chi connectivity index (χ2n) is 7.54. The molecule has 148 valence electrons. The number of piperazine rings is 1. The first-order valence-corrected chi connectivity index (χ1v) is 9.98. The van der Waals surface area contributed by atoms with Gasteiger partial charge in [-0.15, -0.1) is 0 Å². The van der Waals surface area contributed by atoms with E-state index in [1.807, 2.05) is 13.0 Å². The summed E-state index contributed by atoms with van der Waals surface area (Å²) in [5.41, 5.74) is 1.27. The van der Waals surface area contributed by atoms with Gasteiger partial charge in [-0.1, -0.05) is 18.2 Å². The molecule has 0 radical (unpaired) electrons. The van der Waals surface area contributed by atoms with Crippen LogP contribution in [0.1, 0.15) is 18.7 Å². The molecule has 2 fully saturated rings. The average Bonchev–Trinajstić information content (AvgIpc) is 2.74. The summed E-state index contributed by atoms with van der Waals surface area (Å²) in [7, 11) is 0. The highest BCUT2D eigenvalue weighted by Crippen LogP contribution is 2.26. The Balaban J connectivity index is 1.43. The molecule has 4 rings (SSSR count). The lowest BCUT2D eigenvalue weighted by Gasteiger charge is -2.37. The number of hydrogen-bond donors (Lipinski definition) is 1. The Labute approximate surface area is 165 Å². The Morgan fingerprint density at radius 1 is 0.893 bits per heavy atom. The van der Waals surface area contributed by atoms with Crippen molar-refractivity contribution in [2.24, 2.45) is 5.92 Å². The van der Waals surface area contributed by atoms with Crippen LogP contribution in [0, 0.1) is 12.8 Å². The number of rotatable bonds is 4. The van der Waals surface area contributed by atoms with Crippen LogP contribution in [-0.4, -0.2) is 60.3 Å². The van der Waals surface area contributed by atoms with Gasteiger partial charge in [0.2, 0.25) is 0 Å². The van der Waals surface area contributed by atoms with E-state index >= 15 is 0 Å². The normalized spacial score (nSPS) is 18.4. The Morgan fingerprint density at radius 2 is 1.43 bits per heavy atom. The van der Waals surface area contributed by atoms with E-state index in [0.717, 1.165) is 56.7 Å². The lowest BCUT2D eigenvalue weighted by Crippen LogP contribution is -2.47. The van der Waals surface area contributed by atoms with Crippen LogP contribution in [0.25, 0.3) is 0 Å². The highest BCUT2D eigenvalue weighted by atomic mass is 16.4.